The van der Waals surface area contributed by atoms with E-state index in [2.05, 4.69) is 10.3 Å². The number of amides is 1. The lowest BCUT2D eigenvalue weighted by Gasteiger charge is -2.17. The van der Waals surface area contributed by atoms with E-state index in [9.17, 15) is 18.0 Å². The third-order valence-corrected chi connectivity index (χ3v) is 3.94. The van der Waals surface area contributed by atoms with Gasteiger partial charge in [0.15, 0.2) is 6.10 Å². The van der Waals surface area contributed by atoms with E-state index in [1.807, 2.05) is 0 Å². The van der Waals surface area contributed by atoms with Gasteiger partial charge in [0.25, 0.3) is 0 Å². The predicted molar refractivity (Wildman–Crippen MR) is 80.5 cm³/mol. The quantitative estimate of drug-likeness (QED) is 0.841. The van der Waals surface area contributed by atoms with Crippen LogP contribution < -0.4 is 5.32 Å². The minimum atomic E-state index is -4.37. The molecular weight excluding hydrogens is 345 g/mol. The highest BCUT2D eigenvalue weighted by Crippen LogP contribution is 2.31. The number of aromatic nitrogens is 1. The van der Waals surface area contributed by atoms with Crippen molar-refractivity contribution in [3.05, 3.63) is 64.4 Å². The van der Waals surface area contributed by atoms with Gasteiger partial charge in [0.2, 0.25) is 0 Å². The molecule has 2 aromatic rings. The summed E-state index contributed by atoms with van der Waals surface area (Å²) in [5.74, 6) is 0. The van der Waals surface area contributed by atoms with Crippen LogP contribution in [0.1, 0.15) is 22.8 Å². The number of halogens is 4. The monoisotopic (exact) mass is 356 g/mol. The van der Waals surface area contributed by atoms with Crippen molar-refractivity contribution in [3.8, 4) is 0 Å². The first-order valence-corrected chi connectivity index (χ1v) is 7.45. The number of benzene rings is 1. The van der Waals surface area contributed by atoms with Gasteiger partial charge in [0.1, 0.15) is 5.15 Å². The van der Waals surface area contributed by atoms with Crippen molar-refractivity contribution in [1.82, 2.24) is 10.3 Å². The Balaban J connectivity index is 1.77. The Morgan fingerprint density at radius 3 is 2.46 bits per heavy atom. The van der Waals surface area contributed by atoms with E-state index in [0.717, 1.165) is 12.1 Å². The van der Waals surface area contributed by atoms with Gasteiger partial charge >= 0.3 is 12.3 Å². The molecule has 1 N–H and O–H groups in total. The molecule has 1 amide bonds. The lowest BCUT2D eigenvalue weighted by molar-refractivity contribution is -0.137. The van der Waals surface area contributed by atoms with Gasteiger partial charge in [-0.15, -0.1) is 0 Å². The number of pyridine rings is 1. The van der Waals surface area contributed by atoms with Crippen molar-refractivity contribution in [1.29, 1.82) is 0 Å². The maximum Gasteiger partial charge on any atom is 0.416 e. The minimum absolute atomic E-state index is 0.315. The van der Waals surface area contributed by atoms with Gasteiger partial charge in [0, 0.05) is 11.8 Å². The predicted octanol–water partition coefficient (Wildman–Crippen LogP) is 4.15. The standard InChI is InChI=1S/C16H12ClF3N2O2/c17-13-6-3-10(8-21-13)14-12(22-15(23)24-14)7-9-1-4-11(5-2-9)16(18,19)20/h1-6,8,12,14H,7H2,(H,22,23). The molecule has 1 aromatic heterocycles. The summed E-state index contributed by atoms with van der Waals surface area (Å²) >= 11 is 5.74. The topological polar surface area (TPSA) is 51.2 Å². The minimum Gasteiger partial charge on any atom is -0.439 e. The molecule has 3 rings (SSSR count). The van der Waals surface area contributed by atoms with Gasteiger partial charge in [-0.1, -0.05) is 29.8 Å². The van der Waals surface area contributed by atoms with Gasteiger partial charge in [0.05, 0.1) is 11.6 Å². The van der Waals surface area contributed by atoms with Gasteiger partial charge in [-0.3, -0.25) is 0 Å². The number of rotatable bonds is 3. The van der Waals surface area contributed by atoms with E-state index in [1.54, 1.807) is 12.1 Å². The molecule has 2 heterocycles. The van der Waals surface area contributed by atoms with Crippen LogP contribution in [0.25, 0.3) is 0 Å². The number of ether oxygens (including phenoxy) is 1. The number of nitrogens with one attached hydrogen (secondary N) is 1. The Kier molecular flexibility index (Phi) is 4.36. The van der Waals surface area contributed by atoms with Crippen LogP contribution >= 0.6 is 11.6 Å². The third kappa shape index (κ3) is 3.62. The smallest absolute Gasteiger partial charge is 0.416 e. The van der Waals surface area contributed by atoms with E-state index >= 15 is 0 Å². The number of carbonyl (C=O) groups is 1. The second-order valence-electron chi connectivity index (χ2n) is 5.39. The van der Waals surface area contributed by atoms with Crippen molar-refractivity contribution in [2.45, 2.75) is 24.7 Å². The van der Waals surface area contributed by atoms with Crippen LogP contribution in [0.5, 0.6) is 0 Å². The fourth-order valence-electron chi connectivity index (χ4n) is 2.56. The zero-order valence-corrected chi connectivity index (χ0v) is 12.9. The Hall–Kier alpha value is -2.28. The van der Waals surface area contributed by atoms with Crippen LogP contribution in [0, 0.1) is 0 Å². The van der Waals surface area contributed by atoms with Crippen LogP contribution in [0.15, 0.2) is 42.6 Å². The summed E-state index contributed by atoms with van der Waals surface area (Å²) in [6, 6.07) is 7.70. The molecule has 1 aliphatic heterocycles. The Morgan fingerprint density at radius 2 is 1.88 bits per heavy atom. The van der Waals surface area contributed by atoms with Crippen LogP contribution in [-0.2, 0) is 17.3 Å². The molecule has 1 aliphatic rings. The van der Waals surface area contributed by atoms with Crippen LogP contribution in [-0.4, -0.2) is 17.1 Å². The van der Waals surface area contributed by atoms with Gasteiger partial charge in [-0.05, 0) is 30.2 Å². The molecule has 1 fully saturated rings. The van der Waals surface area contributed by atoms with Crippen molar-refractivity contribution < 1.29 is 22.7 Å². The first-order valence-electron chi connectivity index (χ1n) is 7.07. The average molecular weight is 357 g/mol. The number of alkyl carbamates (subject to hydrolysis) is 1. The zero-order chi connectivity index (χ0) is 17.3. The summed E-state index contributed by atoms with van der Waals surface area (Å²) < 4.78 is 43.0. The molecule has 0 saturated carbocycles. The van der Waals surface area contributed by atoms with Crippen LogP contribution in [0.4, 0.5) is 18.0 Å². The second-order valence-corrected chi connectivity index (χ2v) is 5.78. The van der Waals surface area contributed by atoms with Crippen molar-refractivity contribution >= 4 is 17.7 Å². The molecule has 2 atom stereocenters. The molecule has 0 aliphatic carbocycles. The number of nitrogens with zero attached hydrogens (tertiary/aromatic N) is 1. The third-order valence-electron chi connectivity index (χ3n) is 3.72. The fourth-order valence-corrected chi connectivity index (χ4v) is 2.67. The highest BCUT2D eigenvalue weighted by atomic mass is 35.5. The lowest BCUT2D eigenvalue weighted by atomic mass is 9.97. The fraction of sp³-hybridized carbons (Fsp3) is 0.250. The van der Waals surface area contributed by atoms with E-state index < -0.39 is 30.0 Å². The molecular formula is C16H12ClF3N2O2. The SMILES string of the molecule is O=C1NC(Cc2ccc(C(F)(F)F)cc2)C(c2ccc(Cl)nc2)O1. The molecule has 8 heteroatoms. The molecule has 4 nitrogen and oxygen atoms in total. The summed E-state index contributed by atoms with van der Waals surface area (Å²) in [6.45, 7) is 0. The van der Waals surface area contributed by atoms with Crippen molar-refractivity contribution in [3.63, 3.8) is 0 Å². The summed E-state index contributed by atoms with van der Waals surface area (Å²) in [7, 11) is 0. The number of hydrogen-bond donors (Lipinski definition) is 1. The summed E-state index contributed by atoms with van der Waals surface area (Å²) in [4.78, 5) is 15.5. The molecule has 2 unspecified atom stereocenters. The summed E-state index contributed by atoms with van der Waals surface area (Å²) in [6.07, 6.45) is -3.69. The number of hydrogen-bond acceptors (Lipinski definition) is 3. The number of carbonyl (C=O) groups excluding carboxylic acids is 1. The molecule has 0 spiro atoms. The van der Waals surface area contributed by atoms with Gasteiger partial charge < -0.3 is 10.1 Å². The largest absolute Gasteiger partial charge is 0.439 e. The van der Waals surface area contributed by atoms with Gasteiger partial charge in [-0.25, -0.2) is 9.78 Å². The molecule has 1 aromatic carbocycles. The highest BCUT2D eigenvalue weighted by Gasteiger charge is 2.36. The number of cyclic esters (lactones) is 1. The maximum atomic E-state index is 12.6. The van der Waals surface area contributed by atoms with Crippen molar-refractivity contribution in [2.24, 2.45) is 0 Å². The maximum absolute atomic E-state index is 12.6. The van der Waals surface area contributed by atoms with Crippen molar-refractivity contribution in [2.75, 3.05) is 0 Å². The molecule has 1 saturated heterocycles. The van der Waals surface area contributed by atoms with E-state index in [0.29, 0.717) is 22.7 Å². The number of alkyl halides is 3. The highest BCUT2D eigenvalue weighted by molar-refractivity contribution is 6.29. The molecule has 0 radical (unpaired) electrons. The Labute approximate surface area is 140 Å². The normalized spacial score (nSPS) is 20.6. The summed E-state index contributed by atoms with van der Waals surface area (Å²) in [5, 5.41) is 2.98. The lowest BCUT2D eigenvalue weighted by Crippen LogP contribution is -2.30. The first kappa shape index (κ1) is 16.6. The second kappa shape index (κ2) is 6.32. The molecule has 24 heavy (non-hydrogen) atoms. The van der Waals surface area contributed by atoms with E-state index in [4.69, 9.17) is 16.3 Å². The van der Waals surface area contributed by atoms with Crippen LogP contribution in [0.2, 0.25) is 5.15 Å². The molecule has 126 valence electrons. The van der Waals surface area contributed by atoms with E-state index in [1.165, 1.54) is 18.3 Å². The summed E-state index contributed by atoms with van der Waals surface area (Å²) in [5.41, 5.74) is 0.608. The molecule has 0 bridgehead atoms. The van der Waals surface area contributed by atoms with E-state index in [-0.39, 0.29) is 0 Å². The van der Waals surface area contributed by atoms with Gasteiger partial charge in [-0.2, -0.15) is 13.2 Å². The zero-order valence-electron chi connectivity index (χ0n) is 12.2. The first-order chi connectivity index (χ1) is 11.3. The Morgan fingerprint density at radius 1 is 1.17 bits per heavy atom. The average Bonchev–Trinajstić information content (AvgIpc) is 2.88. The van der Waals surface area contributed by atoms with Crippen LogP contribution in [0.3, 0.4) is 0 Å². The Bertz CT molecular complexity index is 732.